The number of rotatable bonds is 11. The van der Waals surface area contributed by atoms with E-state index in [1.54, 1.807) is 33.8 Å². The van der Waals surface area contributed by atoms with E-state index in [1.807, 2.05) is 28.8 Å². The second-order valence-electron chi connectivity index (χ2n) is 18.2. The number of imidazole rings is 1. The molecule has 5 aliphatic heterocycles. The lowest BCUT2D eigenvalue weighted by atomic mass is 9.87. The molecule has 3 aromatic carbocycles. The molecule has 0 spiro atoms. The molecule has 16 nitrogen and oxygen atoms in total. The van der Waals surface area contributed by atoms with Gasteiger partial charge in [-0.05, 0) is 85.7 Å². The lowest BCUT2D eigenvalue weighted by Crippen LogP contribution is -2.52. The predicted octanol–water partition coefficient (Wildman–Crippen LogP) is 5.73. The Balaban J connectivity index is 0.745. The Kier molecular flexibility index (Phi) is 12.1. The van der Waals surface area contributed by atoms with Gasteiger partial charge < -0.3 is 34.6 Å². The summed E-state index contributed by atoms with van der Waals surface area (Å²) < 4.78 is 61.0. The van der Waals surface area contributed by atoms with Crippen LogP contribution in [0.15, 0.2) is 72.5 Å². The number of anilines is 4. The van der Waals surface area contributed by atoms with E-state index in [2.05, 4.69) is 30.8 Å². The Bertz CT molecular complexity index is 2820. The summed E-state index contributed by atoms with van der Waals surface area (Å²) in [6.45, 7) is 2.60. The van der Waals surface area contributed by atoms with Crippen molar-refractivity contribution in [2.45, 2.75) is 81.9 Å². The molecule has 2 aromatic heterocycles. The number of aliphatic hydroxyl groups is 1. The molecule has 3 fully saturated rings. The summed E-state index contributed by atoms with van der Waals surface area (Å²) in [6.07, 6.45) is 0.353. The summed E-state index contributed by atoms with van der Waals surface area (Å²) in [4.78, 5) is 80.7. The van der Waals surface area contributed by atoms with Crippen LogP contribution in [0.3, 0.4) is 0 Å². The highest BCUT2D eigenvalue weighted by Crippen LogP contribution is 2.42. The third-order valence-electron chi connectivity index (χ3n) is 13.9. The number of halogens is 4. The highest BCUT2D eigenvalue weighted by atomic mass is 32.1. The average molecular weight is 969 g/mol. The van der Waals surface area contributed by atoms with Gasteiger partial charge in [-0.25, -0.2) is 14.4 Å². The molecule has 2 unspecified atom stereocenters. The third kappa shape index (κ3) is 9.24. The van der Waals surface area contributed by atoms with Gasteiger partial charge in [0.25, 0.3) is 11.8 Å². The summed E-state index contributed by atoms with van der Waals surface area (Å²) in [5.41, 5.74) is 1.50. The fourth-order valence-electron chi connectivity index (χ4n) is 10.1. The number of carbonyl (C=O) groups excluding carboxylic acids is 5. The van der Waals surface area contributed by atoms with Crippen molar-refractivity contribution in [2.24, 2.45) is 0 Å². The number of nitrogens with zero attached hydrogens (tertiary/aromatic N) is 7. The van der Waals surface area contributed by atoms with Gasteiger partial charge >= 0.3 is 6.18 Å². The van der Waals surface area contributed by atoms with Crippen molar-refractivity contribution in [1.82, 2.24) is 29.7 Å². The van der Waals surface area contributed by atoms with E-state index in [0.29, 0.717) is 54.6 Å². The number of imide groups is 1. The van der Waals surface area contributed by atoms with Gasteiger partial charge in [-0.2, -0.15) is 13.2 Å². The standard InChI is InChI=1S/C48H48F4N10O6S/c49-35-23-29(22-32-33(35)26-62(45(32)67)42(44(66)57-46-53-13-21-69-46)41-38-2-1-14-61(38)27-54-41)28-3-6-31(7-4-28)58-17-19-60(20-18-58)40(64)25-47(68)11-15-59(16-12-47)37-9-5-30(24-34(37)48(50,51)52)55-36-8-10-39(63)56-43(36)65/h3-7,9,13,21-24,27,36,42,55,68H,1-2,8,10-12,14-20,25-26H2,(H,53,57,66)(H,56,63,65). The zero-order valence-corrected chi connectivity index (χ0v) is 38.0. The third-order valence-corrected chi connectivity index (χ3v) is 14.6. The normalized spacial score (nSPS) is 19.6. The number of amides is 5. The molecule has 3 saturated heterocycles. The molecule has 21 heteroatoms. The van der Waals surface area contributed by atoms with Gasteiger partial charge in [0.2, 0.25) is 17.7 Å². The molecular formula is C48H48F4N10O6S. The van der Waals surface area contributed by atoms with Gasteiger partial charge in [0.15, 0.2) is 11.2 Å². The summed E-state index contributed by atoms with van der Waals surface area (Å²) in [7, 11) is 0. The van der Waals surface area contributed by atoms with Crippen molar-refractivity contribution in [1.29, 1.82) is 0 Å². The molecule has 0 bridgehead atoms. The summed E-state index contributed by atoms with van der Waals surface area (Å²) >= 11 is 1.25. The first kappa shape index (κ1) is 45.9. The Hall–Kier alpha value is -6.87. The van der Waals surface area contributed by atoms with Crippen LogP contribution in [0.4, 0.5) is 39.8 Å². The quantitative estimate of drug-likeness (QED) is 0.0936. The number of benzene rings is 3. The summed E-state index contributed by atoms with van der Waals surface area (Å²) in [6, 6.07) is 12.3. The van der Waals surface area contributed by atoms with Gasteiger partial charge in [-0.3, -0.25) is 34.6 Å². The SMILES string of the molecule is O=C1CCC(Nc2ccc(N3CCC(O)(CC(=O)N4CCN(c5ccc(-c6cc(F)c7c(c6)C(=O)N(C(C(=O)Nc6nccs6)c6ncn8c6CCC8)C7)cc5)CC4)CC3)c(C(F)(F)F)c2)C(=O)N1. The fourth-order valence-corrected chi connectivity index (χ4v) is 10.7. The molecule has 0 aliphatic carbocycles. The Morgan fingerprint density at radius 1 is 0.913 bits per heavy atom. The Labute approximate surface area is 397 Å². The van der Waals surface area contributed by atoms with Crippen molar-refractivity contribution in [3.05, 3.63) is 106 Å². The van der Waals surface area contributed by atoms with Gasteiger partial charge in [0.1, 0.15) is 11.9 Å². The second-order valence-corrected chi connectivity index (χ2v) is 19.1. The van der Waals surface area contributed by atoms with E-state index >= 15 is 4.39 Å². The number of carbonyl (C=O) groups is 5. The summed E-state index contributed by atoms with van der Waals surface area (Å²) in [5.74, 6) is -2.79. The molecule has 2 atom stereocenters. The van der Waals surface area contributed by atoms with Crippen molar-refractivity contribution in [3.63, 3.8) is 0 Å². The van der Waals surface area contributed by atoms with E-state index in [9.17, 15) is 42.3 Å². The topological polar surface area (TPSA) is 185 Å². The van der Waals surface area contributed by atoms with Crippen LogP contribution in [0.2, 0.25) is 0 Å². The van der Waals surface area contributed by atoms with E-state index in [-0.39, 0.29) is 80.1 Å². The van der Waals surface area contributed by atoms with Gasteiger partial charge in [-0.15, -0.1) is 11.3 Å². The highest BCUT2D eigenvalue weighted by Gasteiger charge is 2.43. The Morgan fingerprint density at radius 3 is 2.39 bits per heavy atom. The van der Waals surface area contributed by atoms with Crippen LogP contribution in [-0.4, -0.2) is 110 Å². The molecule has 360 valence electrons. The molecule has 0 saturated carbocycles. The number of nitrogens with one attached hydrogen (secondary N) is 3. The van der Waals surface area contributed by atoms with Crippen molar-refractivity contribution >= 4 is 63.1 Å². The van der Waals surface area contributed by atoms with Crippen molar-refractivity contribution in [3.8, 4) is 11.1 Å². The first-order valence-electron chi connectivity index (χ1n) is 22.9. The van der Waals surface area contributed by atoms with E-state index in [4.69, 9.17) is 0 Å². The molecule has 0 radical (unpaired) electrons. The Morgan fingerprint density at radius 2 is 1.68 bits per heavy atom. The van der Waals surface area contributed by atoms with Crippen molar-refractivity contribution in [2.75, 3.05) is 59.7 Å². The zero-order chi connectivity index (χ0) is 48.2. The van der Waals surface area contributed by atoms with Gasteiger partial charge in [-0.1, -0.05) is 12.1 Å². The number of piperidine rings is 2. The van der Waals surface area contributed by atoms with E-state index in [0.717, 1.165) is 30.4 Å². The molecular weight excluding hydrogens is 921 g/mol. The molecule has 69 heavy (non-hydrogen) atoms. The van der Waals surface area contributed by atoms with Gasteiger partial charge in [0.05, 0.1) is 36.2 Å². The minimum absolute atomic E-state index is 0.0662. The van der Waals surface area contributed by atoms with Crippen LogP contribution in [0, 0.1) is 5.82 Å². The van der Waals surface area contributed by atoms with Gasteiger partial charge in [0, 0.05) is 97.7 Å². The minimum Gasteiger partial charge on any atom is -0.389 e. The van der Waals surface area contributed by atoms with Crippen molar-refractivity contribution < 1.29 is 46.6 Å². The highest BCUT2D eigenvalue weighted by molar-refractivity contribution is 7.13. The number of hydrogen-bond donors (Lipinski definition) is 4. The maximum Gasteiger partial charge on any atom is 0.418 e. The predicted molar refractivity (Wildman–Crippen MR) is 247 cm³/mol. The first-order chi connectivity index (χ1) is 33.1. The van der Waals surface area contributed by atoms with Crippen LogP contribution >= 0.6 is 11.3 Å². The fraction of sp³-hybridized carbons (Fsp3) is 0.396. The molecule has 5 aliphatic rings. The molecule has 4 N–H and O–H groups in total. The number of piperazine rings is 1. The van der Waals surface area contributed by atoms with E-state index in [1.165, 1.54) is 34.4 Å². The lowest BCUT2D eigenvalue weighted by molar-refractivity contribution is -0.138. The minimum atomic E-state index is -4.71. The number of alkyl halides is 3. The smallest absolute Gasteiger partial charge is 0.389 e. The number of aryl methyl sites for hydroxylation is 1. The van der Waals surface area contributed by atoms with E-state index < -0.39 is 58.9 Å². The number of hydrogen-bond acceptors (Lipinski definition) is 12. The van der Waals surface area contributed by atoms with Crippen LogP contribution in [0.5, 0.6) is 0 Å². The lowest BCUT2D eigenvalue weighted by Gasteiger charge is -2.41. The van der Waals surface area contributed by atoms with Crippen LogP contribution < -0.4 is 25.8 Å². The van der Waals surface area contributed by atoms with Crippen LogP contribution in [0.25, 0.3) is 11.1 Å². The summed E-state index contributed by atoms with van der Waals surface area (Å²) in [5, 5.41) is 21.4. The molecule has 5 amide bonds. The number of aromatic nitrogens is 3. The first-order valence-corrected chi connectivity index (χ1v) is 23.8. The maximum absolute atomic E-state index is 16.0. The number of fused-ring (bicyclic) bond motifs is 2. The molecule has 7 heterocycles. The largest absolute Gasteiger partial charge is 0.418 e. The second kappa shape index (κ2) is 18.2. The number of thiazole rings is 1. The molecule has 5 aromatic rings. The van der Waals surface area contributed by atoms with Crippen LogP contribution in [0.1, 0.15) is 77.4 Å². The maximum atomic E-state index is 16.0. The average Bonchev–Trinajstić information content (AvgIpc) is 4.16. The monoisotopic (exact) mass is 968 g/mol. The zero-order valence-electron chi connectivity index (χ0n) is 37.2. The molecule has 10 rings (SSSR count). The van der Waals surface area contributed by atoms with Crippen LogP contribution in [-0.2, 0) is 44.9 Å².